The number of amides is 1. The Morgan fingerprint density at radius 3 is 2.37 bits per heavy atom. The molecule has 5 nitrogen and oxygen atoms in total. The quantitative estimate of drug-likeness (QED) is 0.693. The van der Waals surface area contributed by atoms with Gasteiger partial charge in [0.25, 0.3) is 0 Å². The standard InChI is InChI=1S/C24H32N2O3S/c1-4-23(22-14-13-20-7-5-6-8-21(20)15-22)25-24(27)17-26(30(3,28)29)16-19-11-9-18(2)10-12-19/h9-15,23H,4-8,16-17H2,1-3H3,(H,25,27)/t23-/m0/s1. The van der Waals surface area contributed by atoms with E-state index in [0.29, 0.717) is 0 Å². The predicted molar refractivity (Wildman–Crippen MR) is 121 cm³/mol. The van der Waals surface area contributed by atoms with Crippen LogP contribution in [-0.2, 0) is 34.2 Å². The largest absolute Gasteiger partial charge is 0.348 e. The molecule has 1 N–H and O–H groups in total. The SMILES string of the molecule is CC[C@H](NC(=O)CN(Cc1ccc(C)cc1)S(C)(=O)=O)c1ccc2c(c1)CCCC2. The third-order valence-electron chi connectivity index (χ3n) is 5.79. The molecular weight excluding hydrogens is 396 g/mol. The second-order valence-corrected chi connectivity index (χ2v) is 10.3. The van der Waals surface area contributed by atoms with E-state index in [0.717, 1.165) is 42.2 Å². The zero-order valence-corrected chi connectivity index (χ0v) is 19.0. The Morgan fingerprint density at radius 1 is 1.07 bits per heavy atom. The van der Waals surface area contributed by atoms with Crippen molar-refractivity contribution in [3.05, 3.63) is 70.3 Å². The van der Waals surface area contributed by atoms with E-state index in [1.54, 1.807) is 0 Å². The van der Waals surface area contributed by atoms with Crippen molar-refractivity contribution in [2.45, 2.75) is 58.5 Å². The highest BCUT2D eigenvalue weighted by atomic mass is 32.2. The molecule has 1 amide bonds. The average molecular weight is 429 g/mol. The first-order chi connectivity index (χ1) is 14.3. The smallest absolute Gasteiger partial charge is 0.235 e. The Hall–Kier alpha value is -2.18. The Bertz CT molecular complexity index is 984. The molecule has 3 rings (SSSR count). The summed E-state index contributed by atoms with van der Waals surface area (Å²) in [5.41, 5.74) is 5.85. The molecule has 0 unspecified atom stereocenters. The van der Waals surface area contributed by atoms with E-state index in [1.165, 1.54) is 28.3 Å². The molecule has 1 aliphatic carbocycles. The lowest BCUT2D eigenvalue weighted by Crippen LogP contribution is -2.41. The van der Waals surface area contributed by atoms with E-state index < -0.39 is 10.0 Å². The predicted octanol–water partition coefficient (Wildman–Crippen LogP) is 3.90. The lowest BCUT2D eigenvalue weighted by atomic mass is 9.89. The summed E-state index contributed by atoms with van der Waals surface area (Å²) < 4.78 is 25.8. The topological polar surface area (TPSA) is 66.5 Å². The highest BCUT2D eigenvalue weighted by Gasteiger charge is 2.23. The van der Waals surface area contributed by atoms with E-state index >= 15 is 0 Å². The van der Waals surface area contributed by atoms with Crippen LogP contribution in [0.2, 0.25) is 0 Å². The minimum atomic E-state index is -3.52. The molecule has 0 spiro atoms. The van der Waals surface area contributed by atoms with Crippen LogP contribution in [0.5, 0.6) is 0 Å². The number of nitrogens with zero attached hydrogens (tertiary/aromatic N) is 1. The second-order valence-electron chi connectivity index (χ2n) is 8.28. The van der Waals surface area contributed by atoms with Crippen LogP contribution >= 0.6 is 0 Å². The number of sulfonamides is 1. The van der Waals surface area contributed by atoms with Crippen LogP contribution in [0.25, 0.3) is 0 Å². The van der Waals surface area contributed by atoms with Crippen molar-refractivity contribution in [1.29, 1.82) is 0 Å². The third-order valence-corrected chi connectivity index (χ3v) is 6.98. The summed E-state index contributed by atoms with van der Waals surface area (Å²) in [6.45, 7) is 4.01. The fourth-order valence-corrected chi connectivity index (χ4v) is 4.71. The number of aryl methyl sites for hydroxylation is 3. The zero-order valence-electron chi connectivity index (χ0n) is 18.1. The molecule has 2 aromatic carbocycles. The molecule has 1 aliphatic rings. The summed E-state index contributed by atoms with van der Waals surface area (Å²) >= 11 is 0. The van der Waals surface area contributed by atoms with Gasteiger partial charge in [0.15, 0.2) is 0 Å². The molecule has 6 heteroatoms. The van der Waals surface area contributed by atoms with Crippen LogP contribution in [0, 0.1) is 6.92 Å². The number of hydrogen-bond donors (Lipinski definition) is 1. The molecule has 0 saturated heterocycles. The van der Waals surface area contributed by atoms with Crippen molar-refractivity contribution < 1.29 is 13.2 Å². The van der Waals surface area contributed by atoms with Crippen LogP contribution in [0.4, 0.5) is 0 Å². The summed E-state index contributed by atoms with van der Waals surface area (Å²) in [6, 6.07) is 14.0. The Balaban J connectivity index is 1.69. The van der Waals surface area contributed by atoms with E-state index in [-0.39, 0.29) is 25.0 Å². The monoisotopic (exact) mass is 428 g/mol. The number of carbonyl (C=O) groups is 1. The minimum Gasteiger partial charge on any atom is -0.348 e. The normalized spacial score (nSPS) is 14.9. The van der Waals surface area contributed by atoms with Gasteiger partial charge in [-0.3, -0.25) is 4.79 Å². The number of fused-ring (bicyclic) bond motifs is 1. The molecule has 30 heavy (non-hydrogen) atoms. The summed E-state index contributed by atoms with van der Waals surface area (Å²) in [5, 5.41) is 3.04. The van der Waals surface area contributed by atoms with Gasteiger partial charge in [-0.25, -0.2) is 8.42 Å². The summed E-state index contributed by atoms with van der Waals surface area (Å²) in [6.07, 6.45) is 6.56. The Morgan fingerprint density at radius 2 is 1.73 bits per heavy atom. The van der Waals surface area contributed by atoms with E-state index in [9.17, 15) is 13.2 Å². The van der Waals surface area contributed by atoms with Gasteiger partial charge in [-0.2, -0.15) is 4.31 Å². The van der Waals surface area contributed by atoms with Crippen molar-refractivity contribution in [3.8, 4) is 0 Å². The molecule has 0 radical (unpaired) electrons. The first kappa shape index (κ1) is 22.5. The van der Waals surface area contributed by atoms with Crippen LogP contribution in [0.3, 0.4) is 0 Å². The fraction of sp³-hybridized carbons (Fsp3) is 0.458. The van der Waals surface area contributed by atoms with Gasteiger partial charge < -0.3 is 5.32 Å². The number of nitrogens with one attached hydrogen (secondary N) is 1. The molecule has 0 aromatic heterocycles. The zero-order chi connectivity index (χ0) is 21.7. The molecule has 162 valence electrons. The molecule has 0 aliphatic heterocycles. The molecule has 0 heterocycles. The first-order valence-electron chi connectivity index (χ1n) is 10.7. The van der Waals surface area contributed by atoms with Crippen molar-refractivity contribution in [2.75, 3.05) is 12.8 Å². The number of carbonyl (C=O) groups excluding carboxylic acids is 1. The van der Waals surface area contributed by atoms with Gasteiger partial charge in [0.2, 0.25) is 15.9 Å². The van der Waals surface area contributed by atoms with Crippen molar-refractivity contribution >= 4 is 15.9 Å². The molecule has 0 saturated carbocycles. The van der Waals surface area contributed by atoms with Gasteiger partial charge in [0.05, 0.1) is 18.8 Å². The first-order valence-corrected chi connectivity index (χ1v) is 12.5. The van der Waals surface area contributed by atoms with Gasteiger partial charge in [-0.05, 0) is 61.3 Å². The second kappa shape index (κ2) is 9.75. The molecule has 2 aromatic rings. The Kier molecular flexibility index (Phi) is 7.32. The fourth-order valence-electron chi connectivity index (χ4n) is 3.98. The maximum absolute atomic E-state index is 12.8. The van der Waals surface area contributed by atoms with E-state index in [1.807, 2.05) is 38.1 Å². The minimum absolute atomic E-state index is 0.120. The van der Waals surface area contributed by atoms with Crippen LogP contribution in [0.15, 0.2) is 42.5 Å². The van der Waals surface area contributed by atoms with Gasteiger partial charge in [-0.15, -0.1) is 0 Å². The van der Waals surface area contributed by atoms with Crippen LogP contribution in [0.1, 0.15) is 60.0 Å². The van der Waals surface area contributed by atoms with Crippen LogP contribution < -0.4 is 5.32 Å². The summed E-state index contributed by atoms with van der Waals surface area (Å²) in [5.74, 6) is -0.280. The van der Waals surface area contributed by atoms with E-state index in [4.69, 9.17) is 0 Å². The average Bonchev–Trinajstić information content (AvgIpc) is 2.72. The molecule has 0 fully saturated rings. The van der Waals surface area contributed by atoms with Crippen molar-refractivity contribution in [2.24, 2.45) is 0 Å². The summed E-state index contributed by atoms with van der Waals surface area (Å²) in [4.78, 5) is 12.8. The highest BCUT2D eigenvalue weighted by molar-refractivity contribution is 7.88. The van der Waals surface area contributed by atoms with Crippen molar-refractivity contribution in [1.82, 2.24) is 9.62 Å². The molecule has 0 bridgehead atoms. The van der Waals surface area contributed by atoms with Gasteiger partial charge in [0.1, 0.15) is 0 Å². The Labute approximate surface area is 180 Å². The number of rotatable bonds is 8. The number of hydrogen-bond acceptors (Lipinski definition) is 3. The van der Waals surface area contributed by atoms with Gasteiger partial charge >= 0.3 is 0 Å². The highest BCUT2D eigenvalue weighted by Crippen LogP contribution is 2.26. The van der Waals surface area contributed by atoms with Crippen LogP contribution in [-0.4, -0.2) is 31.4 Å². The number of benzene rings is 2. The maximum atomic E-state index is 12.8. The molecular formula is C24H32N2O3S. The van der Waals surface area contributed by atoms with Crippen molar-refractivity contribution in [3.63, 3.8) is 0 Å². The lowest BCUT2D eigenvalue weighted by Gasteiger charge is -2.24. The van der Waals surface area contributed by atoms with E-state index in [2.05, 4.69) is 23.5 Å². The van der Waals surface area contributed by atoms with Gasteiger partial charge in [0, 0.05) is 6.54 Å². The van der Waals surface area contributed by atoms with Gasteiger partial charge in [-0.1, -0.05) is 55.0 Å². The third kappa shape index (κ3) is 5.92. The summed E-state index contributed by atoms with van der Waals surface area (Å²) in [7, 11) is -3.52. The maximum Gasteiger partial charge on any atom is 0.235 e. The lowest BCUT2D eigenvalue weighted by molar-refractivity contribution is -0.122. The molecule has 1 atom stereocenters.